The fourth-order valence-corrected chi connectivity index (χ4v) is 4.26. The van der Waals surface area contributed by atoms with E-state index in [1.54, 1.807) is 6.07 Å². The summed E-state index contributed by atoms with van der Waals surface area (Å²) >= 11 is 12.1. The molecule has 0 aromatic heterocycles. The maximum Gasteiger partial charge on any atom is 0.273 e. The van der Waals surface area contributed by atoms with Crippen LogP contribution in [0.5, 0.6) is 0 Å². The Hall–Kier alpha value is -2.16. The number of ether oxygens (including phenoxy) is 1. The van der Waals surface area contributed by atoms with Crippen molar-refractivity contribution in [1.82, 2.24) is 14.7 Å². The minimum atomic E-state index is -0.371. The summed E-state index contributed by atoms with van der Waals surface area (Å²) in [6.07, 6.45) is 0.174. The van der Waals surface area contributed by atoms with Gasteiger partial charge in [0.25, 0.3) is 5.91 Å². The van der Waals surface area contributed by atoms with Crippen LogP contribution in [0.1, 0.15) is 11.1 Å². The van der Waals surface area contributed by atoms with Gasteiger partial charge in [-0.05, 0) is 29.3 Å². The number of nitrogens with one attached hydrogen (secondary N) is 1. The van der Waals surface area contributed by atoms with Crippen molar-refractivity contribution in [3.63, 3.8) is 0 Å². The number of nitrogens with zero attached hydrogens (tertiary/aromatic N) is 2. The molecule has 9 heteroatoms. The van der Waals surface area contributed by atoms with Crippen LogP contribution in [0, 0.1) is 0 Å². The van der Waals surface area contributed by atoms with E-state index in [1.165, 1.54) is 0 Å². The number of carbonyl (C=O) groups excluding carboxylic acids is 2. The Labute approximate surface area is 205 Å². The number of quaternary nitrogens is 1. The molecule has 1 fully saturated rings. The minimum Gasteiger partial charge on any atom is -0.374 e. The molecule has 1 saturated heterocycles. The Morgan fingerprint density at radius 2 is 1.94 bits per heavy atom. The number of hydrogen-bond donors (Lipinski definition) is 2. The van der Waals surface area contributed by atoms with Crippen molar-refractivity contribution in [2.24, 2.45) is 5.73 Å². The number of benzene rings is 2. The molecular formula is C24H31Cl2N4O3+. The molecule has 1 heterocycles. The second kappa shape index (κ2) is 11.3. The van der Waals surface area contributed by atoms with Crippen LogP contribution in [-0.2, 0) is 27.3 Å². The topological polar surface area (TPSA) is 84.7 Å². The van der Waals surface area contributed by atoms with Crippen molar-refractivity contribution in [3.8, 4) is 0 Å². The Balaban J connectivity index is 1.50. The third-order valence-corrected chi connectivity index (χ3v) is 6.40. The molecule has 0 radical (unpaired) electrons. The maximum absolute atomic E-state index is 12.5. The molecule has 2 amide bonds. The van der Waals surface area contributed by atoms with Gasteiger partial charge in [0, 0.05) is 32.2 Å². The Bertz CT molecular complexity index is 999. The fourth-order valence-electron chi connectivity index (χ4n) is 3.94. The third-order valence-electron chi connectivity index (χ3n) is 5.67. The Kier molecular flexibility index (Phi) is 8.73. The highest BCUT2D eigenvalue weighted by Crippen LogP contribution is 2.24. The van der Waals surface area contributed by atoms with Crippen LogP contribution in [0.3, 0.4) is 0 Å². The lowest BCUT2D eigenvalue weighted by Gasteiger charge is -2.33. The average Bonchev–Trinajstić information content (AvgIpc) is 2.74. The van der Waals surface area contributed by atoms with Gasteiger partial charge < -0.3 is 15.8 Å². The van der Waals surface area contributed by atoms with E-state index in [2.05, 4.69) is 10.2 Å². The average molecular weight is 494 g/mol. The van der Waals surface area contributed by atoms with E-state index in [9.17, 15) is 9.59 Å². The van der Waals surface area contributed by atoms with Gasteiger partial charge in [-0.2, -0.15) is 0 Å². The zero-order valence-corrected chi connectivity index (χ0v) is 20.5. The highest BCUT2D eigenvalue weighted by Gasteiger charge is 2.23. The van der Waals surface area contributed by atoms with Gasteiger partial charge in [-0.25, -0.2) is 0 Å². The molecule has 1 unspecified atom stereocenters. The molecule has 1 aliphatic heterocycles. The molecule has 0 bridgehead atoms. The molecule has 2 aromatic carbocycles. The lowest BCUT2D eigenvalue weighted by molar-refractivity contribution is -0.121. The summed E-state index contributed by atoms with van der Waals surface area (Å²) in [5.41, 5.74) is 8.26. The van der Waals surface area contributed by atoms with Gasteiger partial charge in [-0.1, -0.05) is 41.4 Å². The van der Waals surface area contributed by atoms with Crippen molar-refractivity contribution < 1.29 is 14.3 Å². The molecule has 3 rings (SSSR count). The number of nitrogens with two attached hydrogens (primary N) is 1. The molecule has 1 aliphatic rings. The first-order valence-electron chi connectivity index (χ1n) is 10.9. The number of likely N-dealkylation sites (N-methyl/N-ethyl adjacent to an activating group) is 1. The van der Waals surface area contributed by atoms with Crippen LogP contribution in [0.4, 0.5) is 5.69 Å². The predicted octanol–water partition coefficient (Wildman–Crippen LogP) is 2.61. The highest BCUT2D eigenvalue weighted by molar-refractivity contribution is 6.42. The molecule has 0 aliphatic carbocycles. The molecule has 178 valence electrons. The zero-order valence-electron chi connectivity index (χ0n) is 19.0. The van der Waals surface area contributed by atoms with Gasteiger partial charge in [-0.15, -0.1) is 0 Å². The molecular weight excluding hydrogens is 463 g/mol. The number of carbonyl (C=O) groups is 2. The lowest BCUT2D eigenvalue weighted by Crippen LogP contribution is -2.47. The van der Waals surface area contributed by atoms with Gasteiger partial charge in [-0.3, -0.25) is 19.0 Å². The Morgan fingerprint density at radius 3 is 2.67 bits per heavy atom. The number of morpholine rings is 1. The van der Waals surface area contributed by atoms with Gasteiger partial charge >= 0.3 is 0 Å². The summed E-state index contributed by atoms with van der Waals surface area (Å²) < 4.78 is 6.17. The Morgan fingerprint density at radius 1 is 1.15 bits per heavy atom. The number of halogens is 2. The van der Waals surface area contributed by atoms with E-state index >= 15 is 0 Å². The monoisotopic (exact) mass is 493 g/mol. The van der Waals surface area contributed by atoms with Gasteiger partial charge in [0.15, 0.2) is 6.54 Å². The number of hydrogen-bond acceptors (Lipinski definition) is 4. The van der Waals surface area contributed by atoms with Crippen LogP contribution in [0.2, 0.25) is 10.0 Å². The molecule has 0 spiro atoms. The lowest BCUT2D eigenvalue weighted by atomic mass is 10.1. The highest BCUT2D eigenvalue weighted by atomic mass is 35.5. The van der Waals surface area contributed by atoms with E-state index in [-0.39, 0.29) is 30.9 Å². The third kappa shape index (κ3) is 7.69. The molecule has 2 aromatic rings. The predicted molar refractivity (Wildman–Crippen MR) is 132 cm³/mol. The van der Waals surface area contributed by atoms with Crippen molar-refractivity contribution in [1.29, 1.82) is 0 Å². The molecule has 3 N–H and O–H groups in total. The second-order valence-electron chi connectivity index (χ2n) is 8.94. The van der Waals surface area contributed by atoms with Crippen LogP contribution in [-0.4, -0.2) is 69.7 Å². The zero-order chi connectivity index (χ0) is 24.0. The SMILES string of the molecule is C[N+](C)(CC(N)=O)c1cccc(CC(=O)NCC2CN(Cc3ccc(Cl)c(Cl)c3)CCO2)c1. The van der Waals surface area contributed by atoms with Gasteiger partial charge in [0.1, 0.15) is 5.69 Å². The first-order chi connectivity index (χ1) is 15.6. The quantitative estimate of drug-likeness (QED) is 0.525. The normalized spacial score (nSPS) is 17.0. The first kappa shape index (κ1) is 25.5. The van der Waals surface area contributed by atoms with E-state index < -0.39 is 0 Å². The minimum absolute atomic E-state index is 0.0717. The first-order valence-corrected chi connectivity index (χ1v) is 11.6. The van der Waals surface area contributed by atoms with E-state index in [1.807, 2.05) is 50.5 Å². The smallest absolute Gasteiger partial charge is 0.273 e. The molecule has 33 heavy (non-hydrogen) atoms. The van der Waals surface area contributed by atoms with Crippen molar-refractivity contribution in [3.05, 3.63) is 63.6 Å². The van der Waals surface area contributed by atoms with Gasteiger partial charge in [0.2, 0.25) is 5.91 Å². The van der Waals surface area contributed by atoms with E-state index in [4.69, 9.17) is 33.7 Å². The van der Waals surface area contributed by atoms with Crippen LogP contribution >= 0.6 is 23.2 Å². The number of amides is 2. The van der Waals surface area contributed by atoms with Crippen molar-refractivity contribution in [2.45, 2.75) is 19.1 Å². The summed E-state index contributed by atoms with van der Waals surface area (Å²) in [6, 6.07) is 13.3. The second-order valence-corrected chi connectivity index (χ2v) is 9.75. The fraction of sp³-hybridized carbons (Fsp3) is 0.417. The van der Waals surface area contributed by atoms with E-state index in [0.717, 1.165) is 36.4 Å². The molecule has 1 atom stereocenters. The van der Waals surface area contributed by atoms with Crippen LogP contribution in [0.25, 0.3) is 0 Å². The summed E-state index contributed by atoms with van der Waals surface area (Å²) in [4.78, 5) is 26.2. The number of primary amides is 1. The summed E-state index contributed by atoms with van der Waals surface area (Å²) in [6.45, 7) is 3.52. The van der Waals surface area contributed by atoms with Crippen molar-refractivity contribution >= 4 is 40.7 Å². The summed E-state index contributed by atoms with van der Waals surface area (Å²) in [7, 11) is 3.82. The molecule has 7 nitrogen and oxygen atoms in total. The molecule has 0 saturated carbocycles. The number of rotatable bonds is 9. The van der Waals surface area contributed by atoms with Crippen LogP contribution < -0.4 is 15.5 Å². The van der Waals surface area contributed by atoms with Crippen molar-refractivity contribution in [2.75, 3.05) is 46.9 Å². The summed E-state index contributed by atoms with van der Waals surface area (Å²) in [5.74, 6) is -0.443. The maximum atomic E-state index is 12.5. The van der Waals surface area contributed by atoms with Crippen LogP contribution in [0.15, 0.2) is 42.5 Å². The van der Waals surface area contributed by atoms with E-state index in [0.29, 0.717) is 27.7 Å². The standard InChI is InChI=1S/C24H30Cl2N4O3/c1-30(2,16-23(27)31)19-5-3-4-17(10-19)12-24(32)28-13-20-15-29(8-9-33-20)14-18-6-7-21(25)22(26)11-18/h3-7,10-11,20H,8-9,12-16H2,1-2H3,(H2-,27,28,31,32)/p+1. The summed E-state index contributed by atoms with van der Waals surface area (Å²) in [5, 5.41) is 4.08. The van der Waals surface area contributed by atoms with Gasteiger partial charge in [0.05, 0.1) is 43.3 Å². The largest absolute Gasteiger partial charge is 0.374 e.